The van der Waals surface area contributed by atoms with Crippen molar-refractivity contribution in [2.45, 2.75) is 135 Å². The number of hydrogen-bond donors (Lipinski definition) is 0. The van der Waals surface area contributed by atoms with Gasteiger partial charge in [-0.05, 0) is 68.4 Å². The van der Waals surface area contributed by atoms with E-state index < -0.39 is 22.2 Å². The van der Waals surface area contributed by atoms with Crippen LogP contribution >= 0.6 is 0 Å². The molecule has 0 aromatic carbocycles. The molecule has 6 atom stereocenters. The van der Waals surface area contributed by atoms with Gasteiger partial charge in [-0.2, -0.15) is 0 Å². The monoisotopic (exact) mass is 581 g/mol. The van der Waals surface area contributed by atoms with Crippen molar-refractivity contribution in [3.63, 3.8) is 0 Å². The first-order valence-corrected chi connectivity index (χ1v) is 20.6. The summed E-state index contributed by atoms with van der Waals surface area (Å²) in [5.41, 5.74) is 0.751. The van der Waals surface area contributed by atoms with E-state index in [-0.39, 0.29) is 41.1 Å². The Kier molecular flexibility index (Phi) is 10.6. The zero-order valence-corrected chi connectivity index (χ0v) is 29.6. The fourth-order valence-corrected chi connectivity index (χ4v) is 7.64. The van der Waals surface area contributed by atoms with Crippen molar-refractivity contribution in [2.75, 3.05) is 20.2 Å². The smallest absolute Gasteiger partial charge is 0.409 e. The van der Waals surface area contributed by atoms with Crippen LogP contribution in [0.15, 0.2) is 24.3 Å². The number of rotatable bonds is 11. The van der Waals surface area contributed by atoms with E-state index in [0.717, 1.165) is 12.8 Å². The van der Waals surface area contributed by atoms with Gasteiger partial charge in [-0.15, -0.1) is 0 Å². The summed E-state index contributed by atoms with van der Waals surface area (Å²) in [6.45, 7) is 33.7. The van der Waals surface area contributed by atoms with E-state index in [1.807, 2.05) is 0 Å². The number of carbonyl (C=O) groups excluding carboxylic acids is 1. The minimum absolute atomic E-state index is 0.0395. The van der Waals surface area contributed by atoms with Crippen LogP contribution in [0.25, 0.3) is 0 Å². The molecule has 2 rings (SSSR count). The first kappa shape index (κ1) is 34.3. The van der Waals surface area contributed by atoms with E-state index in [1.165, 1.54) is 5.57 Å². The predicted octanol–water partition coefficient (Wildman–Crippen LogP) is 8.17. The quantitative estimate of drug-likeness (QED) is 0.182. The Balaban J connectivity index is 2.48. The maximum Gasteiger partial charge on any atom is 0.409 e. The van der Waals surface area contributed by atoms with Crippen molar-refractivity contribution in [2.24, 2.45) is 11.8 Å². The van der Waals surface area contributed by atoms with Crippen LogP contribution in [0.1, 0.15) is 75.2 Å². The second-order valence-electron chi connectivity index (χ2n) is 15.4. The number of amides is 1. The molecule has 1 saturated heterocycles. The Bertz CT molecular complexity index is 904. The average molecular weight is 582 g/mol. The highest BCUT2D eigenvalue weighted by atomic mass is 28.4. The molecule has 1 aliphatic carbocycles. The lowest BCUT2D eigenvalue weighted by Gasteiger charge is -2.55. The van der Waals surface area contributed by atoms with Gasteiger partial charge in [0.2, 0.25) is 0 Å². The molecule has 0 unspecified atom stereocenters. The molecule has 0 saturated carbocycles. The molecule has 0 aromatic rings. The lowest BCUT2D eigenvalue weighted by molar-refractivity contribution is -0.228. The van der Waals surface area contributed by atoms with E-state index in [4.69, 9.17) is 18.3 Å². The molecule has 0 N–H and O–H groups in total. The summed E-state index contributed by atoms with van der Waals surface area (Å²) in [4.78, 5) is 14.4. The number of allylic oxidation sites excluding steroid dienone is 2. The van der Waals surface area contributed by atoms with E-state index in [1.54, 1.807) is 18.0 Å². The molecule has 1 amide bonds. The first-order valence-electron chi connectivity index (χ1n) is 14.7. The van der Waals surface area contributed by atoms with Crippen LogP contribution in [0, 0.1) is 11.8 Å². The topological polar surface area (TPSA) is 57.2 Å². The van der Waals surface area contributed by atoms with Crippen LogP contribution in [0.2, 0.25) is 36.3 Å². The van der Waals surface area contributed by atoms with Crippen LogP contribution in [0.4, 0.5) is 4.79 Å². The van der Waals surface area contributed by atoms with Crippen molar-refractivity contribution in [1.82, 2.24) is 4.90 Å². The van der Waals surface area contributed by atoms with Crippen molar-refractivity contribution < 1.29 is 23.1 Å². The fourth-order valence-electron chi connectivity index (χ4n) is 4.89. The summed E-state index contributed by atoms with van der Waals surface area (Å²) in [5.74, 6) is 0.853. The van der Waals surface area contributed by atoms with Crippen molar-refractivity contribution in [3.8, 4) is 0 Å². The average Bonchev–Trinajstić information content (AvgIpc) is 3.46. The summed E-state index contributed by atoms with van der Waals surface area (Å²) in [6, 6.07) is 0. The Hall–Kier alpha value is -0.936. The van der Waals surface area contributed by atoms with E-state index in [0.29, 0.717) is 18.4 Å². The highest BCUT2D eigenvalue weighted by Crippen LogP contribution is 2.47. The molecule has 0 spiro atoms. The maximum absolute atomic E-state index is 12.8. The third-order valence-electron chi connectivity index (χ3n) is 9.71. The zero-order valence-electron chi connectivity index (χ0n) is 27.6. The number of ether oxygens (including phenoxy) is 2. The molecular weight excluding hydrogens is 523 g/mol. The Labute approximate surface area is 242 Å². The molecular formula is C31H59NO5Si2. The van der Waals surface area contributed by atoms with Gasteiger partial charge in [0.05, 0.1) is 24.9 Å². The molecule has 0 radical (unpaired) electrons. The number of hydrogen-bond acceptors (Lipinski definition) is 5. The van der Waals surface area contributed by atoms with Gasteiger partial charge in [-0.3, -0.25) is 0 Å². The van der Waals surface area contributed by atoms with Crippen LogP contribution in [-0.4, -0.2) is 71.7 Å². The summed E-state index contributed by atoms with van der Waals surface area (Å²) in [7, 11) is -2.47. The lowest BCUT2D eigenvalue weighted by Crippen LogP contribution is -2.65. The maximum atomic E-state index is 12.8. The first-order chi connectivity index (χ1) is 17.5. The lowest BCUT2D eigenvalue weighted by atomic mass is 9.82. The van der Waals surface area contributed by atoms with Gasteiger partial charge in [0.15, 0.2) is 16.6 Å². The van der Waals surface area contributed by atoms with E-state index >= 15 is 0 Å². The summed E-state index contributed by atoms with van der Waals surface area (Å²) in [6.07, 6.45) is 4.96. The Morgan fingerprint density at radius 2 is 1.67 bits per heavy atom. The second-order valence-corrected chi connectivity index (χ2v) is 24.9. The van der Waals surface area contributed by atoms with Gasteiger partial charge in [-0.25, -0.2) is 4.79 Å². The van der Waals surface area contributed by atoms with Crippen LogP contribution < -0.4 is 0 Å². The van der Waals surface area contributed by atoms with Gasteiger partial charge in [0.1, 0.15) is 12.2 Å². The van der Waals surface area contributed by atoms with Gasteiger partial charge in [0, 0.05) is 13.5 Å². The third-order valence-corrected chi connectivity index (χ3v) is 18.7. The molecule has 1 aliphatic heterocycles. The molecule has 0 aromatic heterocycles. The SMILES string of the molecule is C=CCOC(=O)N(C)C[C@@]1(C)O[C@@H]([C@@H](C)C[C@H]2C=C2C)[C@@H](O[Si](C)(C)C(C)(C)C)C[C@H]1O[Si](C)(C)C(C)(C)C. The summed E-state index contributed by atoms with van der Waals surface area (Å²) >= 11 is 0. The van der Waals surface area contributed by atoms with E-state index in [2.05, 4.69) is 101 Å². The molecule has 0 bridgehead atoms. The molecule has 6 nitrogen and oxygen atoms in total. The van der Waals surface area contributed by atoms with Crippen molar-refractivity contribution in [1.29, 1.82) is 0 Å². The van der Waals surface area contributed by atoms with Crippen LogP contribution in [-0.2, 0) is 18.3 Å². The van der Waals surface area contributed by atoms with Gasteiger partial charge in [-0.1, -0.05) is 72.8 Å². The second kappa shape index (κ2) is 12.1. The zero-order chi connectivity index (χ0) is 30.2. The number of likely N-dealkylation sites (N-methyl/N-ethyl adjacent to an activating group) is 1. The number of carbonyl (C=O) groups is 1. The molecule has 226 valence electrons. The van der Waals surface area contributed by atoms with Gasteiger partial charge < -0.3 is 23.2 Å². The normalized spacial score (nSPS) is 28.9. The van der Waals surface area contributed by atoms with Crippen LogP contribution in [0.3, 0.4) is 0 Å². The minimum Gasteiger partial charge on any atom is -0.445 e. The van der Waals surface area contributed by atoms with Gasteiger partial charge >= 0.3 is 6.09 Å². The van der Waals surface area contributed by atoms with Crippen molar-refractivity contribution in [3.05, 3.63) is 24.3 Å². The molecule has 1 heterocycles. The largest absolute Gasteiger partial charge is 0.445 e. The highest BCUT2D eigenvalue weighted by molar-refractivity contribution is 6.74. The van der Waals surface area contributed by atoms with Crippen LogP contribution in [0.5, 0.6) is 0 Å². The highest BCUT2D eigenvalue weighted by Gasteiger charge is 2.54. The summed E-state index contributed by atoms with van der Waals surface area (Å²) in [5, 5.41) is 0.124. The molecule has 8 heteroatoms. The molecule has 39 heavy (non-hydrogen) atoms. The molecule has 1 fully saturated rings. The molecule has 2 aliphatic rings. The van der Waals surface area contributed by atoms with E-state index in [9.17, 15) is 4.79 Å². The fraction of sp³-hybridized carbons (Fsp3) is 0.839. The minimum atomic E-state index is -2.16. The Morgan fingerprint density at radius 3 is 2.13 bits per heavy atom. The Morgan fingerprint density at radius 1 is 1.15 bits per heavy atom. The number of nitrogens with zero attached hydrogens (tertiary/aromatic N) is 1. The predicted molar refractivity (Wildman–Crippen MR) is 167 cm³/mol. The standard InChI is InChI=1S/C31H59NO5Si2/c1-16-17-34-28(33)32(11)21-31(10)26(37-39(14,15)30(7,8)9)20-25(36-38(12,13)29(4,5)6)27(35-31)23(3)19-24-18-22(24)2/h16,18,23-27H,1,17,19-21H2,2-15H3/t23-,24+,25-,26+,27-,31+/m0/s1. The van der Waals surface area contributed by atoms with Crippen molar-refractivity contribution >= 4 is 22.7 Å². The summed E-state index contributed by atoms with van der Waals surface area (Å²) < 4.78 is 26.8. The van der Waals surface area contributed by atoms with Gasteiger partial charge in [0.25, 0.3) is 0 Å². The third kappa shape index (κ3) is 8.54.